The van der Waals surface area contributed by atoms with Crippen molar-refractivity contribution in [3.05, 3.63) is 52.6 Å². The molecule has 1 heterocycles. The Morgan fingerprint density at radius 1 is 1.25 bits per heavy atom. The molecule has 1 aliphatic carbocycles. The maximum Gasteiger partial charge on any atom is 0.0971 e. The van der Waals surface area contributed by atoms with Crippen molar-refractivity contribution in [2.24, 2.45) is 0 Å². The summed E-state index contributed by atoms with van der Waals surface area (Å²) in [4.78, 5) is 4.49. The number of aryl methyl sites for hydroxylation is 3. The Kier molecular flexibility index (Phi) is 3.62. The molecule has 3 nitrogen and oxygen atoms in total. The number of aliphatic hydroxyl groups is 1. The van der Waals surface area contributed by atoms with E-state index in [2.05, 4.69) is 35.5 Å². The summed E-state index contributed by atoms with van der Waals surface area (Å²) in [7, 11) is 0. The fraction of sp³-hybridized carbons (Fsp3) is 0.471. The smallest absolute Gasteiger partial charge is 0.0971 e. The lowest BCUT2D eigenvalue weighted by molar-refractivity contribution is 0.154. The highest BCUT2D eigenvalue weighted by atomic mass is 16.3. The Hall–Kier alpha value is -1.61. The summed E-state index contributed by atoms with van der Waals surface area (Å²) in [5, 5.41) is 10.5. The minimum absolute atomic E-state index is 0.462. The monoisotopic (exact) mass is 270 g/mol. The molecule has 1 N–H and O–H groups in total. The lowest BCUT2D eigenvalue weighted by atomic mass is 9.99. The number of aliphatic hydroxyl groups excluding tert-OH is 1. The van der Waals surface area contributed by atoms with E-state index in [0.717, 1.165) is 24.0 Å². The molecular weight excluding hydrogens is 248 g/mol. The molecule has 2 aromatic rings. The van der Waals surface area contributed by atoms with Gasteiger partial charge in [0.05, 0.1) is 24.7 Å². The minimum atomic E-state index is -0.462. The Bertz CT molecular complexity index is 615. The largest absolute Gasteiger partial charge is 0.387 e. The van der Waals surface area contributed by atoms with Crippen molar-refractivity contribution >= 4 is 0 Å². The van der Waals surface area contributed by atoms with Gasteiger partial charge in [-0.15, -0.1) is 0 Å². The number of hydrogen-bond acceptors (Lipinski definition) is 2. The Balaban J connectivity index is 1.82. The fourth-order valence-electron chi connectivity index (χ4n) is 3.17. The van der Waals surface area contributed by atoms with Gasteiger partial charge in [0.2, 0.25) is 0 Å². The van der Waals surface area contributed by atoms with Gasteiger partial charge in [-0.3, -0.25) is 0 Å². The molecule has 0 aliphatic heterocycles. The van der Waals surface area contributed by atoms with Crippen molar-refractivity contribution < 1.29 is 5.11 Å². The molecule has 106 valence electrons. The van der Waals surface area contributed by atoms with E-state index in [1.807, 2.05) is 12.4 Å². The van der Waals surface area contributed by atoms with Crippen LogP contribution in [0.4, 0.5) is 0 Å². The number of fused-ring (bicyclic) bond motifs is 1. The minimum Gasteiger partial charge on any atom is -0.387 e. The van der Waals surface area contributed by atoms with Crippen LogP contribution in [-0.2, 0) is 19.4 Å². The summed E-state index contributed by atoms with van der Waals surface area (Å²) in [6.07, 6.45) is 6.08. The SMILES string of the molecule is Cc1ccc(C(O)Cn2cnc3c2CCCC3)c(C)c1. The van der Waals surface area contributed by atoms with Gasteiger partial charge < -0.3 is 9.67 Å². The van der Waals surface area contributed by atoms with Crippen LogP contribution in [0.2, 0.25) is 0 Å². The third-order valence-corrected chi connectivity index (χ3v) is 4.26. The van der Waals surface area contributed by atoms with Crippen LogP contribution in [0.25, 0.3) is 0 Å². The topological polar surface area (TPSA) is 38.0 Å². The summed E-state index contributed by atoms with van der Waals surface area (Å²) >= 11 is 0. The quantitative estimate of drug-likeness (QED) is 0.930. The van der Waals surface area contributed by atoms with Crippen molar-refractivity contribution in [2.75, 3.05) is 0 Å². The van der Waals surface area contributed by atoms with Crippen molar-refractivity contribution in [3.63, 3.8) is 0 Å². The fourth-order valence-corrected chi connectivity index (χ4v) is 3.17. The van der Waals surface area contributed by atoms with Gasteiger partial charge in [-0.25, -0.2) is 4.98 Å². The van der Waals surface area contributed by atoms with Gasteiger partial charge in [0.15, 0.2) is 0 Å². The van der Waals surface area contributed by atoms with E-state index in [0.29, 0.717) is 6.54 Å². The third-order valence-electron chi connectivity index (χ3n) is 4.26. The van der Waals surface area contributed by atoms with Gasteiger partial charge in [0, 0.05) is 5.69 Å². The van der Waals surface area contributed by atoms with Crippen LogP contribution in [0.1, 0.15) is 47.0 Å². The first-order chi connectivity index (χ1) is 9.65. The predicted octanol–water partition coefficient (Wildman–Crippen LogP) is 3.11. The molecule has 3 heteroatoms. The van der Waals surface area contributed by atoms with Crippen molar-refractivity contribution in [1.82, 2.24) is 9.55 Å². The summed E-state index contributed by atoms with van der Waals surface area (Å²) in [6, 6.07) is 6.23. The van der Waals surface area contributed by atoms with E-state index in [4.69, 9.17) is 0 Å². The second-order valence-electron chi connectivity index (χ2n) is 5.87. The molecule has 0 bridgehead atoms. The first kappa shape index (κ1) is 13.4. The van der Waals surface area contributed by atoms with Gasteiger partial charge in [0.25, 0.3) is 0 Å². The number of nitrogens with zero attached hydrogens (tertiary/aromatic N) is 2. The molecule has 1 aliphatic rings. The van der Waals surface area contributed by atoms with Crippen molar-refractivity contribution in [2.45, 2.75) is 52.2 Å². The van der Waals surface area contributed by atoms with Gasteiger partial charge in [0.1, 0.15) is 0 Å². The number of imidazole rings is 1. The summed E-state index contributed by atoms with van der Waals surface area (Å²) < 4.78 is 2.14. The molecule has 3 rings (SSSR count). The Labute approximate surface area is 120 Å². The second-order valence-corrected chi connectivity index (χ2v) is 5.87. The molecule has 0 saturated heterocycles. The molecule has 1 unspecified atom stereocenters. The van der Waals surface area contributed by atoms with Gasteiger partial charge in [-0.2, -0.15) is 0 Å². The average molecular weight is 270 g/mol. The first-order valence-corrected chi connectivity index (χ1v) is 7.43. The molecule has 20 heavy (non-hydrogen) atoms. The van der Waals surface area contributed by atoms with Gasteiger partial charge in [-0.1, -0.05) is 23.8 Å². The number of rotatable bonds is 3. The molecule has 0 radical (unpaired) electrons. The van der Waals surface area contributed by atoms with Gasteiger partial charge >= 0.3 is 0 Å². The first-order valence-electron chi connectivity index (χ1n) is 7.43. The third kappa shape index (κ3) is 2.50. The highest BCUT2D eigenvalue weighted by molar-refractivity contribution is 5.32. The molecule has 1 aromatic heterocycles. The Morgan fingerprint density at radius 3 is 2.85 bits per heavy atom. The molecule has 0 spiro atoms. The summed E-state index contributed by atoms with van der Waals surface area (Å²) in [6.45, 7) is 4.75. The van der Waals surface area contributed by atoms with Crippen LogP contribution < -0.4 is 0 Å². The lowest BCUT2D eigenvalue weighted by Gasteiger charge is -2.18. The zero-order valence-corrected chi connectivity index (χ0v) is 12.3. The van der Waals surface area contributed by atoms with E-state index in [1.54, 1.807) is 0 Å². The number of hydrogen-bond donors (Lipinski definition) is 1. The normalized spacial score (nSPS) is 15.9. The molecular formula is C17H22N2O. The maximum absolute atomic E-state index is 10.5. The second kappa shape index (κ2) is 5.41. The van der Waals surface area contributed by atoms with Crippen LogP contribution in [0.3, 0.4) is 0 Å². The molecule has 0 saturated carbocycles. The predicted molar refractivity (Wildman–Crippen MR) is 79.7 cm³/mol. The Morgan fingerprint density at radius 2 is 2.05 bits per heavy atom. The standard InChI is InChI=1S/C17H22N2O/c1-12-7-8-14(13(2)9-12)17(20)10-19-11-18-15-5-3-4-6-16(15)19/h7-9,11,17,20H,3-6,10H2,1-2H3. The zero-order chi connectivity index (χ0) is 14.1. The van der Waals surface area contributed by atoms with E-state index in [-0.39, 0.29) is 0 Å². The van der Waals surface area contributed by atoms with Crippen molar-refractivity contribution in [1.29, 1.82) is 0 Å². The van der Waals surface area contributed by atoms with E-state index < -0.39 is 6.10 Å². The lowest BCUT2D eigenvalue weighted by Crippen LogP contribution is -2.14. The van der Waals surface area contributed by atoms with Gasteiger partial charge in [-0.05, 0) is 50.7 Å². The molecule has 0 fully saturated rings. The molecule has 1 aromatic carbocycles. The van der Waals surface area contributed by atoms with E-state index in [1.165, 1.54) is 29.8 Å². The number of aromatic nitrogens is 2. The highest BCUT2D eigenvalue weighted by Gasteiger charge is 2.18. The van der Waals surface area contributed by atoms with E-state index in [9.17, 15) is 5.11 Å². The van der Waals surface area contributed by atoms with Crippen LogP contribution >= 0.6 is 0 Å². The van der Waals surface area contributed by atoms with E-state index >= 15 is 0 Å². The highest BCUT2D eigenvalue weighted by Crippen LogP contribution is 2.24. The van der Waals surface area contributed by atoms with Crippen LogP contribution in [0.5, 0.6) is 0 Å². The maximum atomic E-state index is 10.5. The zero-order valence-electron chi connectivity index (χ0n) is 12.3. The number of benzene rings is 1. The average Bonchev–Trinajstić information content (AvgIpc) is 2.82. The van der Waals surface area contributed by atoms with Crippen LogP contribution in [0, 0.1) is 13.8 Å². The summed E-state index contributed by atoms with van der Waals surface area (Å²) in [5.41, 5.74) is 5.96. The van der Waals surface area contributed by atoms with Crippen molar-refractivity contribution in [3.8, 4) is 0 Å². The van der Waals surface area contributed by atoms with Crippen LogP contribution in [0.15, 0.2) is 24.5 Å². The van der Waals surface area contributed by atoms with Crippen LogP contribution in [-0.4, -0.2) is 14.7 Å². The molecule has 0 amide bonds. The molecule has 1 atom stereocenters. The summed E-state index contributed by atoms with van der Waals surface area (Å²) in [5.74, 6) is 0.